The standard InChI is InChI=1S/C11H13ClN2O3S2/c12-9-5-7(11(13)18)1-2-10(9)19(16,17)14-4-3-8(15)6-14/h1-2,5,8,15H,3-4,6H2,(H2,13,18). The number of hydrogen-bond acceptors (Lipinski definition) is 4. The Morgan fingerprint density at radius 1 is 1.53 bits per heavy atom. The van der Waals surface area contributed by atoms with E-state index in [4.69, 9.17) is 29.6 Å². The summed E-state index contributed by atoms with van der Waals surface area (Å²) in [6, 6.07) is 4.34. The lowest BCUT2D eigenvalue weighted by atomic mass is 10.2. The molecule has 1 heterocycles. The van der Waals surface area contributed by atoms with E-state index in [9.17, 15) is 13.5 Å². The lowest BCUT2D eigenvalue weighted by molar-refractivity contribution is 0.189. The molecule has 3 N–H and O–H groups in total. The molecule has 1 saturated heterocycles. The first kappa shape index (κ1) is 14.7. The fourth-order valence-corrected chi connectivity index (χ4v) is 4.07. The second kappa shape index (κ2) is 5.34. The summed E-state index contributed by atoms with van der Waals surface area (Å²) in [6.07, 6.45) is -0.189. The fourth-order valence-electron chi connectivity index (χ4n) is 1.93. The molecule has 0 aromatic heterocycles. The molecule has 1 unspecified atom stereocenters. The van der Waals surface area contributed by atoms with Crippen molar-refractivity contribution in [1.82, 2.24) is 4.31 Å². The number of thiocarbonyl (C=S) groups is 1. The van der Waals surface area contributed by atoms with Gasteiger partial charge in [0.1, 0.15) is 9.88 Å². The molecule has 1 fully saturated rings. The van der Waals surface area contributed by atoms with Crippen LogP contribution in [-0.4, -0.2) is 42.0 Å². The van der Waals surface area contributed by atoms with E-state index in [1.807, 2.05) is 0 Å². The molecule has 1 aromatic carbocycles. The number of halogens is 1. The van der Waals surface area contributed by atoms with Gasteiger partial charge in [0.25, 0.3) is 0 Å². The summed E-state index contributed by atoms with van der Waals surface area (Å²) in [6.45, 7) is 0.382. The van der Waals surface area contributed by atoms with Gasteiger partial charge in [-0.1, -0.05) is 29.9 Å². The zero-order valence-electron chi connectivity index (χ0n) is 9.91. The quantitative estimate of drug-likeness (QED) is 0.802. The number of rotatable bonds is 3. The van der Waals surface area contributed by atoms with Crippen molar-refractivity contribution in [2.24, 2.45) is 5.73 Å². The Balaban J connectivity index is 2.38. The molecule has 0 bridgehead atoms. The van der Waals surface area contributed by atoms with Gasteiger partial charge in [-0.05, 0) is 18.6 Å². The van der Waals surface area contributed by atoms with Crippen LogP contribution in [0.1, 0.15) is 12.0 Å². The summed E-state index contributed by atoms with van der Waals surface area (Å²) in [5, 5.41) is 9.50. The molecule has 1 atom stereocenters. The third kappa shape index (κ3) is 2.90. The highest BCUT2D eigenvalue weighted by atomic mass is 35.5. The van der Waals surface area contributed by atoms with Crippen molar-refractivity contribution in [3.05, 3.63) is 28.8 Å². The maximum Gasteiger partial charge on any atom is 0.244 e. The minimum absolute atomic E-state index is 0.00302. The van der Waals surface area contributed by atoms with Crippen LogP contribution in [0.15, 0.2) is 23.1 Å². The molecule has 8 heteroatoms. The van der Waals surface area contributed by atoms with E-state index in [0.717, 1.165) is 0 Å². The third-order valence-corrected chi connectivity index (χ3v) is 5.54. The van der Waals surface area contributed by atoms with Crippen molar-refractivity contribution in [3.8, 4) is 0 Å². The van der Waals surface area contributed by atoms with Crippen LogP contribution in [0.4, 0.5) is 0 Å². The Kier molecular flexibility index (Phi) is 4.12. The predicted molar refractivity (Wildman–Crippen MR) is 76.7 cm³/mol. The average Bonchev–Trinajstić information content (AvgIpc) is 2.76. The number of aliphatic hydroxyl groups is 1. The highest BCUT2D eigenvalue weighted by molar-refractivity contribution is 7.89. The average molecular weight is 321 g/mol. The molecule has 1 aliphatic rings. The molecule has 0 aliphatic carbocycles. The van der Waals surface area contributed by atoms with Gasteiger partial charge in [0.05, 0.1) is 11.1 Å². The molecule has 19 heavy (non-hydrogen) atoms. The van der Waals surface area contributed by atoms with Gasteiger partial charge in [-0.3, -0.25) is 0 Å². The van der Waals surface area contributed by atoms with Crippen LogP contribution in [0.5, 0.6) is 0 Å². The van der Waals surface area contributed by atoms with Crippen molar-refractivity contribution in [3.63, 3.8) is 0 Å². The summed E-state index contributed by atoms with van der Waals surface area (Å²) in [4.78, 5) is 0.158. The first-order chi connectivity index (χ1) is 8.82. The topological polar surface area (TPSA) is 83.6 Å². The minimum Gasteiger partial charge on any atom is -0.392 e. The van der Waals surface area contributed by atoms with Crippen LogP contribution in [0.2, 0.25) is 5.02 Å². The fraction of sp³-hybridized carbons (Fsp3) is 0.364. The van der Waals surface area contributed by atoms with E-state index in [0.29, 0.717) is 12.0 Å². The van der Waals surface area contributed by atoms with Gasteiger partial charge >= 0.3 is 0 Å². The summed E-state index contributed by atoms with van der Waals surface area (Å²) < 4.78 is 25.9. The molecule has 1 aliphatic heterocycles. The van der Waals surface area contributed by atoms with Crippen molar-refractivity contribution in [2.45, 2.75) is 17.4 Å². The van der Waals surface area contributed by atoms with Crippen LogP contribution in [-0.2, 0) is 10.0 Å². The second-order valence-corrected chi connectivity index (χ2v) is 7.07. The van der Waals surface area contributed by atoms with Gasteiger partial charge < -0.3 is 10.8 Å². The number of β-amino-alcohol motifs (C(OH)–C–C–N with tert-alkyl or cyclic N) is 1. The number of nitrogens with two attached hydrogens (primary N) is 1. The van der Waals surface area contributed by atoms with E-state index in [2.05, 4.69) is 0 Å². The van der Waals surface area contributed by atoms with Crippen LogP contribution < -0.4 is 5.73 Å². The maximum absolute atomic E-state index is 12.3. The van der Waals surface area contributed by atoms with E-state index in [-0.39, 0.29) is 28.0 Å². The SMILES string of the molecule is NC(=S)c1ccc(S(=O)(=O)N2CCC(O)C2)c(Cl)c1. The normalized spacial score (nSPS) is 20.6. The Morgan fingerprint density at radius 3 is 2.68 bits per heavy atom. The smallest absolute Gasteiger partial charge is 0.244 e. The zero-order valence-corrected chi connectivity index (χ0v) is 12.3. The molecule has 0 radical (unpaired) electrons. The lowest BCUT2D eigenvalue weighted by Gasteiger charge is -2.17. The molecular formula is C11H13ClN2O3S2. The van der Waals surface area contributed by atoms with Crippen molar-refractivity contribution in [2.75, 3.05) is 13.1 Å². The lowest BCUT2D eigenvalue weighted by Crippen LogP contribution is -2.30. The third-order valence-electron chi connectivity index (χ3n) is 2.96. The van der Waals surface area contributed by atoms with Gasteiger partial charge in [0.15, 0.2) is 0 Å². The van der Waals surface area contributed by atoms with Gasteiger partial charge in [-0.15, -0.1) is 0 Å². The molecule has 5 nitrogen and oxygen atoms in total. The van der Waals surface area contributed by atoms with Crippen LogP contribution in [0.3, 0.4) is 0 Å². The van der Waals surface area contributed by atoms with Crippen LogP contribution in [0, 0.1) is 0 Å². The van der Waals surface area contributed by atoms with E-state index in [1.165, 1.54) is 22.5 Å². The molecule has 104 valence electrons. The highest BCUT2D eigenvalue weighted by Gasteiger charge is 2.32. The van der Waals surface area contributed by atoms with Gasteiger partial charge in [-0.25, -0.2) is 8.42 Å². The van der Waals surface area contributed by atoms with E-state index in [1.54, 1.807) is 0 Å². The number of hydrogen-bond donors (Lipinski definition) is 2. The van der Waals surface area contributed by atoms with E-state index >= 15 is 0 Å². The Bertz CT molecular complexity index is 618. The summed E-state index contributed by atoms with van der Waals surface area (Å²) in [5.74, 6) is 0. The number of aliphatic hydroxyl groups excluding tert-OH is 1. The van der Waals surface area contributed by atoms with Gasteiger partial charge in [0.2, 0.25) is 10.0 Å². The maximum atomic E-state index is 12.3. The first-order valence-electron chi connectivity index (χ1n) is 5.60. The van der Waals surface area contributed by atoms with Gasteiger partial charge in [-0.2, -0.15) is 4.31 Å². The van der Waals surface area contributed by atoms with Crippen LogP contribution >= 0.6 is 23.8 Å². The second-order valence-electron chi connectivity index (χ2n) is 4.32. The van der Waals surface area contributed by atoms with Crippen molar-refractivity contribution in [1.29, 1.82) is 0 Å². The van der Waals surface area contributed by atoms with Crippen molar-refractivity contribution >= 4 is 38.8 Å². The highest BCUT2D eigenvalue weighted by Crippen LogP contribution is 2.28. The Morgan fingerprint density at radius 2 is 2.21 bits per heavy atom. The molecule has 0 spiro atoms. The Hall–Kier alpha value is -0.730. The molecule has 0 amide bonds. The number of sulfonamides is 1. The van der Waals surface area contributed by atoms with E-state index < -0.39 is 16.1 Å². The van der Waals surface area contributed by atoms with Gasteiger partial charge in [0, 0.05) is 18.7 Å². The number of nitrogens with zero attached hydrogens (tertiary/aromatic N) is 1. The molecular weight excluding hydrogens is 308 g/mol. The summed E-state index contributed by atoms with van der Waals surface area (Å²) >= 11 is 10.8. The minimum atomic E-state index is -3.69. The zero-order chi connectivity index (χ0) is 14.2. The summed E-state index contributed by atoms with van der Waals surface area (Å²) in [7, 11) is -3.69. The van der Waals surface area contributed by atoms with Crippen LogP contribution in [0.25, 0.3) is 0 Å². The predicted octanol–water partition coefficient (Wildman–Crippen LogP) is 0.730. The number of benzene rings is 1. The Labute approximate surface area is 122 Å². The molecule has 1 aromatic rings. The largest absolute Gasteiger partial charge is 0.392 e. The molecule has 2 rings (SSSR count). The summed E-state index contributed by atoms with van der Waals surface area (Å²) in [5.41, 5.74) is 5.98. The monoisotopic (exact) mass is 320 g/mol. The first-order valence-corrected chi connectivity index (χ1v) is 7.82. The molecule has 0 saturated carbocycles. The van der Waals surface area contributed by atoms with Crippen molar-refractivity contribution < 1.29 is 13.5 Å².